The molecule has 0 fully saturated rings. The molecule has 444 valence electrons. The Labute approximate surface area is 467 Å². The van der Waals surface area contributed by atoms with E-state index in [2.05, 4.69) is 43.5 Å². The van der Waals surface area contributed by atoms with Crippen LogP contribution >= 0.6 is 7.82 Å². The largest absolute Gasteiger partial charge is 0.472 e. The van der Waals surface area contributed by atoms with Crippen molar-refractivity contribution in [3.8, 4) is 0 Å². The fourth-order valence-electron chi connectivity index (χ4n) is 9.96. The van der Waals surface area contributed by atoms with Gasteiger partial charge in [0, 0.05) is 6.42 Å². The Morgan fingerprint density at radius 3 is 1.09 bits per heavy atom. The van der Waals surface area contributed by atoms with Crippen LogP contribution in [0.3, 0.4) is 0 Å². The molecular weight excluding hydrogens is 948 g/mol. The molecule has 0 aliphatic heterocycles. The Morgan fingerprint density at radius 1 is 0.453 bits per heavy atom. The van der Waals surface area contributed by atoms with E-state index in [0.29, 0.717) is 17.4 Å². The van der Waals surface area contributed by atoms with Gasteiger partial charge in [-0.1, -0.05) is 307 Å². The fourth-order valence-corrected chi connectivity index (χ4v) is 10.7. The van der Waals surface area contributed by atoms with Gasteiger partial charge in [-0.25, -0.2) is 4.57 Å². The minimum absolute atomic E-state index is 0.0636. The highest BCUT2D eigenvalue weighted by Gasteiger charge is 2.28. The van der Waals surface area contributed by atoms with Crippen LogP contribution in [0.4, 0.5) is 0 Å². The number of allylic oxidation sites excluding steroid dienone is 5. The number of carbonyl (C=O) groups is 1. The summed E-state index contributed by atoms with van der Waals surface area (Å²) < 4.78 is 23.8. The van der Waals surface area contributed by atoms with Crippen molar-refractivity contribution in [3.63, 3.8) is 0 Å². The third kappa shape index (κ3) is 60.2. The molecule has 1 amide bonds. The standard InChI is InChI=1S/C66H129N2O6P/c1-6-8-10-12-14-16-18-20-22-24-26-28-29-30-31-32-33-34-35-36-37-38-39-40-42-44-46-48-50-52-54-56-58-60-66(70)67-64(63-74-75(71,72)73-62-61-68(3,4)5)65(69)59-57-55-53-51-49-47-45-43-41-27-25-23-21-19-17-15-13-11-9-7-2/h18,20,24,26,57,59,64-65,69H,6-17,19,21-23,25,27-56,58,60-63H2,1-5H3,(H-,67,70,71,72)/p+1/b20-18-,26-24-,59-57+. The highest BCUT2D eigenvalue weighted by Crippen LogP contribution is 2.43. The van der Waals surface area contributed by atoms with Crippen molar-refractivity contribution in [1.82, 2.24) is 5.32 Å². The molecule has 0 aliphatic carbocycles. The van der Waals surface area contributed by atoms with Crippen LogP contribution in [0.2, 0.25) is 0 Å². The number of amides is 1. The molecular formula is C66H130N2O6P+. The van der Waals surface area contributed by atoms with Crippen LogP contribution in [0.25, 0.3) is 0 Å². The van der Waals surface area contributed by atoms with Crippen molar-refractivity contribution in [2.45, 2.75) is 341 Å². The van der Waals surface area contributed by atoms with E-state index >= 15 is 0 Å². The summed E-state index contributed by atoms with van der Waals surface area (Å²) in [6.07, 6.45) is 75.6. The molecule has 3 atom stereocenters. The minimum Gasteiger partial charge on any atom is -0.387 e. The molecule has 8 nitrogen and oxygen atoms in total. The normalized spacial score (nSPS) is 14.0. The molecule has 0 heterocycles. The number of rotatable bonds is 61. The predicted octanol–water partition coefficient (Wildman–Crippen LogP) is 20.5. The number of hydrogen-bond donors (Lipinski definition) is 3. The second-order valence-electron chi connectivity index (χ2n) is 23.8. The van der Waals surface area contributed by atoms with Gasteiger partial charge in [-0.05, 0) is 51.4 Å². The minimum atomic E-state index is -4.35. The molecule has 0 saturated heterocycles. The third-order valence-electron chi connectivity index (χ3n) is 15.1. The van der Waals surface area contributed by atoms with E-state index in [-0.39, 0.29) is 19.1 Å². The molecule has 0 rings (SSSR count). The van der Waals surface area contributed by atoms with Gasteiger partial charge in [-0.3, -0.25) is 13.8 Å². The zero-order chi connectivity index (χ0) is 54.9. The summed E-state index contributed by atoms with van der Waals surface area (Å²) in [4.78, 5) is 23.4. The first-order valence-corrected chi connectivity index (χ1v) is 34.4. The fraction of sp³-hybridized carbons (Fsp3) is 0.894. The van der Waals surface area contributed by atoms with Crippen molar-refractivity contribution in [1.29, 1.82) is 0 Å². The molecule has 0 spiro atoms. The van der Waals surface area contributed by atoms with E-state index in [0.717, 1.165) is 38.5 Å². The van der Waals surface area contributed by atoms with Crippen molar-refractivity contribution in [2.75, 3.05) is 40.9 Å². The van der Waals surface area contributed by atoms with Crippen LogP contribution in [0.15, 0.2) is 36.5 Å². The van der Waals surface area contributed by atoms with E-state index in [1.54, 1.807) is 6.08 Å². The first kappa shape index (κ1) is 73.7. The van der Waals surface area contributed by atoms with Crippen LogP contribution in [-0.2, 0) is 18.4 Å². The molecule has 0 aromatic heterocycles. The molecule has 0 saturated carbocycles. The number of phosphoric acid groups is 1. The molecule has 3 unspecified atom stereocenters. The molecule has 0 aromatic carbocycles. The zero-order valence-corrected chi connectivity index (χ0v) is 51.7. The summed E-state index contributed by atoms with van der Waals surface area (Å²) in [5.74, 6) is -0.170. The average molecular weight is 1080 g/mol. The molecule has 3 N–H and O–H groups in total. The van der Waals surface area contributed by atoms with Crippen molar-refractivity contribution < 1.29 is 32.9 Å². The summed E-state index contributed by atoms with van der Waals surface area (Å²) in [6.45, 7) is 4.85. The summed E-state index contributed by atoms with van der Waals surface area (Å²) in [7, 11) is 1.59. The monoisotopic (exact) mass is 1080 g/mol. The molecule has 0 aromatic rings. The lowest BCUT2D eigenvalue weighted by molar-refractivity contribution is -0.870. The average Bonchev–Trinajstić information content (AvgIpc) is 3.37. The van der Waals surface area contributed by atoms with Gasteiger partial charge in [-0.2, -0.15) is 0 Å². The van der Waals surface area contributed by atoms with Gasteiger partial charge < -0.3 is 19.8 Å². The summed E-state index contributed by atoms with van der Waals surface area (Å²) >= 11 is 0. The first-order chi connectivity index (χ1) is 36.5. The quantitative estimate of drug-likeness (QED) is 0.0243. The summed E-state index contributed by atoms with van der Waals surface area (Å²) in [5.41, 5.74) is 0. The number of unbranched alkanes of at least 4 members (excludes halogenated alkanes) is 44. The van der Waals surface area contributed by atoms with Crippen molar-refractivity contribution >= 4 is 13.7 Å². The van der Waals surface area contributed by atoms with Crippen LogP contribution in [0.1, 0.15) is 328 Å². The number of likely N-dealkylation sites (N-methyl/N-ethyl adjacent to an activating group) is 1. The first-order valence-electron chi connectivity index (χ1n) is 32.9. The smallest absolute Gasteiger partial charge is 0.387 e. The van der Waals surface area contributed by atoms with E-state index in [4.69, 9.17) is 9.05 Å². The van der Waals surface area contributed by atoms with Crippen LogP contribution in [0, 0.1) is 0 Å². The van der Waals surface area contributed by atoms with Gasteiger partial charge in [0.1, 0.15) is 13.2 Å². The highest BCUT2D eigenvalue weighted by molar-refractivity contribution is 7.47. The number of aliphatic hydroxyl groups excluding tert-OH is 1. The lowest BCUT2D eigenvalue weighted by atomic mass is 10.0. The summed E-state index contributed by atoms with van der Waals surface area (Å²) in [5, 5.41) is 14.0. The number of phosphoric ester groups is 1. The van der Waals surface area contributed by atoms with Gasteiger partial charge in [0.25, 0.3) is 0 Å². The van der Waals surface area contributed by atoms with Gasteiger partial charge in [-0.15, -0.1) is 0 Å². The second kappa shape index (κ2) is 57.4. The Balaban J connectivity index is 4.03. The second-order valence-corrected chi connectivity index (χ2v) is 25.3. The molecule has 0 bridgehead atoms. The number of quaternary nitrogens is 1. The lowest BCUT2D eigenvalue weighted by Gasteiger charge is -2.25. The number of carbonyl (C=O) groups excluding carboxylic acids is 1. The Morgan fingerprint density at radius 2 is 0.760 bits per heavy atom. The number of nitrogens with zero attached hydrogens (tertiary/aromatic N) is 1. The topological polar surface area (TPSA) is 105 Å². The van der Waals surface area contributed by atoms with Crippen molar-refractivity contribution in [3.05, 3.63) is 36.5 Å². The van der Waals surface area contributed by atoms with Gasteiger partial charge in [0.15, 0.2) is 0 Å². The maximum Gasteiger partial charge on any atom is 0.472 e. The SMILES string of the molecule is CCCCCCC/C=C\C/C=C\CCCCCCCCCCCCCCCCCCCCCCCC(=O)NC(COP(=O)(O)OCC[N+](C)(C)C)C(O)/C=C/CCCCCCCCCCCCCCCCCCCC. The van der Waals surface area contributed by atoms with Gasteiger partial charge in [0.2, 0.25) is 5.91 Å². The summed E-state index contributed by atoms with van der Waals surface area (Å²) in [6, 6.07) is -0.845. The van der Waals surface area contributed by atoms with Crippen LogP contribution < -0.4 is 5.32 Å². The zero-order valence-electron chi connectivity index (χ0n) is 50.8. The van der Waals surface area contributed by atoms with Crippen molar-refractivity contribution in [2.24, 2.45) is 0 Å². The number of hydrogen-bond acceptors (Lipinski definition) is 5. The van der Waals surface area contributed by atoms with Crippen LogP contribution in [-0.4, -0.2) is 73.4 Å². The molecule has 75 heavy (non-hydrogen) atoms. The Hall–Kier alpha value is -1.28. The van der Waals surface area contributed by atoms with E-state index in [1.807, 2.05) is 27.2 Å². The van der Waals surface area contributed by atoms with E-state index in [9.17, 15) is 19.4 Å². The predicted molar refractivity (Wildman–Crippen MR) is 328 cm³/mol. The maximum atomic E-state index is 13.0. The third-order valence-corrected chi connectivity index (χ3v) is 16.1. The van der Waals surface area contributed by atoms with Gasteiger partial charge in [0.05, 0.1) is 39.9 Å². The van der Waals surface area contributed by atoms with E-state index in [1.165, 1.54) is 270 Å². The molecule has 9 heteroatoms. The van der Waals surface area contributed by atoms with Crippen LogP contribution in [0.5, 0.6) is 0 Å². The molecule has 0 radical (unpaired) electrons. The number of aliphatic hydroxyl groups is 1. The van der Waals surface area contributed by atoms with E-state index < -0.39 is 20.0 Å². The maximum absolute atomic E-state index is 13.0. The van der Waals surface area contributed by atoms with Gasteiger partial charge >= 0.3 is 7.82 Å². The Bertz CT molecular complexity index is 1320. The Kier molecular flexibility index (Phi) is 56.4. The lowest BCUT2D eigenvalue weighted by Crippen LogP contribution is -2.45. The number of nitrogens with one attached hydrogen (secondary N) is 1. The molecule has 0 aliphatic rings. The highest BCUT2D eigenvalue weighted by atomic mass is 31.2.